The first-order valence-corrected chi connectivity index (χ1v) is 11.7. The van der Waals surface area contributed by atoms with Gasteiger partial charge in [0.2, 0.25) is 0 Å². The van der Waals surface area contributed by atoms with Crippen LogP contribution in [0.5, 0.6) is 0 Å². The van der Waals surface area contributed by atoms with Crippen molar-refractivity contribution in [3.8, 4) is 0 Å². The maximum absolute atomic E-state index is 12.2. The minimum absolute atomic E-state index is 0.136. The van der Waals surface area contributed by atoms with E-state index in [1.807, 2.05) is 34.9 Å². The van der Waals surface area contributed by atoms with Crippen molar-refractivity contribution in [3.05, 3.63) is 88.0 Å². The lowest BCUT2D eigenvalue weighted by atomic mass is 9.99. The summed E-state index contributed by atoms with van der Waals surface area (Å²) in [4.78, 5) is 16.7. The quantitative estimate of drug-likeness (QED) is 0.383. The summed E-state index contributed by atoms with van der Waals surface area (Å²) >= 11 is 6.25. The van der Waals surface area contributed by atoms with Gasteiger partial charge >= 0.3 is 5.97 Å². The molecule has 1 heterocycles. The smallest absolute Gasteiger partial charge is 0.314 e. The van der Waals surface area contributed by atoms with Gasteiger partial charge in [0.1, 0.15) is 5.82 Å². The Kier molecular flexibility index (Phi) is 9.48. The van der Waals surface area contributed by atoms with E-state index in [1.54, 1.807) is 0 Å². The van der Waals surface area contributed by atoms with Gasteiger partial charge in [0.15, 0.2) is 5.15 Å². The molecule has 3 rings (SSSR count). The van der Waals surface area contributed by atoms with Crippen LogP contribution >= 0.6 is 11.6 Å². The van der Waals surface area contributed by atoms with Gasteiger partial charge in [-0.05, 0) is 23.1 Å². The number of aromatic nitrogens is 2. The molecule has 0 spiro atoms. The number of aliphatic hydroxyl groups excluding tert-OH is 1. The second-order valence-corrected chi connectivity index (χ2v) is 8.41. The number of carbonyl (C=O) groups excluding carboxylic acids is 1. The van der Waals surface area contributed by atoms with E-state index in [0.717, 1.165) is 41.8 Å². The number of hydrogen-bond acceptors (Lipinski definition) is 5. The summed E-state index contributed by atoms with van der Waals surface area (Å²) in [5, 5.41) is 13.5. The van der Waals surface area contributed by atoms with Crippen molar-refractivity contribution in [2.45, 2.75) is 51.8 Å². The normalized spacial score (nSPS) is 12.0. The van der Waals surface area contributed by atoms with E-state index in [1.165, 1.54) is 7.11 Å². The van der Waals surface area contributed by atoms with E-state index in [0.29, 0.717) is 30.5 Å². The third-order valence-corrected chi connectivity index (χ3v) is 6.04. The summed E-state index contributed by atoms with van der Waals surface area (Å²) < 4.78 is 7.00. The Labute approximate surface area is 200 Å². The third kappa shape index (κ3) is 6.67. The average molecular weight is 470 g/mol. The lowest BCUT2D eigenvalue weighted by Crippen LogP contribution is -2.27. The van der Waals surface area contributed by atoms with Gasteiger partial charge < -0.3 is 19.7 Å². The number of esters is 1. The fraction of sp³-hybridized carbons (Fsp3) is 0.385. The number of aryl methyl sites for hydroxylation is 1. The molecule has 0 saturated heterocycles. The molecule has 0 aliphatic rings. The van der Waals surface area contributed by atoms with Crippen molar-refractivity contribution < 1.29 is 14.6 Å². The number of halogens is 1. The Morgan fingerprint density at radius 1 is 1.15 bits per heavy atom. The number of ether oxygens (including phenoxy) is 1. The Morgan fingerprint density at radius 3 is 2.48 bits per heavy atom. The molecule has 0 radical (unpaired) electrons. The molecule has 2 N–H and O–H groups in total. The first-order valence-electron chi connectivity index (χ1n) is 11.3. The van der Waals surface area contributed by atoms with Gasteiger partial charge in [0.25, 0.3) is 0 Å². The molecule has 7 heteroatoms. The monoisotopic (exact) mass is 469 g/mol. The second kappa shape index (κ2) is 12.5. The molecule has 0 unspecified atom stereocenters. The summed E-state index contributed by atoms with van der Waals surface area (Å²) in [5.41, 5.74) is 3.82. The van der Waals surface area contributed by atoms with E-state index < -0.39 is 0 Å². The fourth-order valence-electron chi connectivity index (χ4n) is 3.84. The first-order chi connectivity index (χ1) is 16.1. The molecule has 6 nitrogen and oxygen atoms in total. The number of aliphatic hydroxyl groups is 1. The zero-order valence-corrected chi connectivity index (χ0v) is 20.0. The number of rotatable bonds is 12. The molecule has 176 valence electrons. The van der Waals surface area contributed by atoms with Crippen LogP contribution in [0.2, 0.25) is 5.15 Å². The Morgan fingerprint density at radius 2 is 1.85 bits per heavy atom. The van der Waals surface area contributed by atoms with Crippen LogP contribution in [0.25, 0.3) is 0 Å². The highest BCUT2D eigenvalue weighted by Gasteiger charge is 2.20. The molecule has 1 aromatic heterocycles. The SMILES string of the molecule is CCCCc1nc(Cl)c(CO)n1Cc1ccc(CNC[C@H](C(=O)OC)c2ccccc2)cc1. The molecule has 0 aliphatic carbocycles. The predicted molar refractivity (Wildman–Crippen MR) is 130 cm³/mol. The summed E-state index contributed by atoms with van der Waals surface area (Å²) in [7, 11) is 1.42. The van der Waals surface area contributed by atoms with Gasteiger partial charge in [0.05, 0.1) is 25.3 Å². The summed E-state index contributed by atoms with van der Waals surface area (Å²) in [6.45, 7) is 3.75. The van der Waals surface area contributed by atoms with Crippen LogP contribution in [0.15, 0.2) is 54.6 Å². The Hall–Kier alpha value is -2.67. The van der Waals surface area contributed by atoms with Crippen molar-refractivity contribution in [3.63, 3.8) is 0 Å². The zero-order valence-electron chi connectivity index (χ0n) is 19.3. The molecule has 0 aliphatic heterocycles. The number of methoxy groups -OCH3 is 1. The van der Waals surface area contributed by atoms with Gasteiger partial charge in [0, 0.05) is 26.1 Å². The van der Waals surface area contributed by atoms with Gasteiger partial charge in [-0.1, -0.05) is 79.5 Å². The van der Waals surface area contributed by atoms with Crippen LogP contribution in [0.3, 0.4) is 0 Å². The van der Waals surface area contributed by atoms with E-state index in [9.17, 15) is 9.90 Å². The van der Waals surface area contributed by atoms with E-state index in [4.69, 9.17) is 16.3 Å². The minimum Gasteiger partial charge on any atom is -0.469 e. The molecule has 33 heavy (non-hydrogen) atoms. The van der Waals surface area contributed by atoms with Crippen LogP contribution in [0, 0.1) is 0 Å². The van der Waals surface area contributed by atoms with Gasteiger partial charge in [-0.3, -0.25) is 4.79 Å². The van der Waals surface area contributed by atoms with Gasteiger partial charge in [-0.2, -0.15) is 0 Å². The number of unbranched alkanes of at least 4 members (excludes halogenated alkanes) is 1. The van der Waals surface area contributed by atoms with Crippen LogP contribution in [-0.2, 0) is 35.6 Å². The summed E-state index contributed by atoms with van der Waals surface area (Å²) in [5.74, 6) is 0.313. The second-order valence-electron chi connectivity index (χ2n) is 8.05. The van der Waals surface area contributed by atoms with Crippen LogP contribution in [0.1, 0.15) is 53.9 Å². The summed E-state index contributed by atoms with van der Waals surface area (Å²) in [6, 6.07) is 17.9. The average Bonchev–Trinajstić information content (AvgIpc) is 3.15. The summed E-state index contributed by atoms with van der Waals surface area (Å²) in [6.07, 6.45) is 2.93. The molecule has 2 aromatic carbocycles. The third-order valence-electron chi connectivity index (χ3n) is 5.74. The van der Waals surface area contributed by atoms with Crippen LogP contribution < -0.4 is 5.32 Å². The molecule has 0 amide bonds. The van der Waals surface area contributed by atoms with Crippen molar-refractivity contribution >= 4 is 17.6 Å². The van der Waals surface area contributed by atoms with Gasteiger partial charge in [-0.15, -0.1) is 0 Å². The van der Waals surface area contributed by atoms with Crippen molar-refractivity contribution in [1.29, 1.82) is 0 Å². The molecular formula is C26H32ClN3O3. The van der Waals surface area contributed by atoms with E-state index in [-0.39, 0.29) is 18.5 Å². The molecule has 3 aromatic rings. The van der Waals surface area contributed by atoms with Crippen molar-refractivity contribution in [2.24, 2.45) is 0 Å². The fourth-order valence-corrected chi connectivity index (χ4v) is 4.10. The van der Waals surface area contributed by atoms with Gasteiger partial charge in [-0.25, -0.2) is 4.98 Å². The number of nitrogens with zero attached hydrogens (tertiary/aromatic N) is 2. The molecule has 0 fully saturated rings. The standard InChI is InChI=1S/C26H32ClN3O3/c1-3-4-10-24-29-25(27)23(18-31)30(24)17-20-13-11-19(12-14-20)15-28-16-22(26(32)33-2)21-8-6-5-7-9-21/h5-9,11-14,22,28,31H,3-4,10,15-18H2,1-2H3/t22-/m0/s1. The Balaban J connectivity index is 1.62. The lowest BCUT2D eigenvalue weighted by Gasteiger charge is -2.16. The molecular weight excluding hydrogens is 438 g/mol. The van der Waals surface area contributed by atoms with Crippen LogP contribution in [-0.4, -0.2) is 34.3 Å². The number of benzene rings is 2. The molecule has 0 saturated carbocycles. The Bertz CT molecular complexity index is 1020. The number of hydrogen-bond donors (Lipinski definition) is 2. The number of carbonyl (C=O) groups is 1. The molecule has 0 bridgehead atoms. The lowest BCUT2D eigenvalue weighted by molar-refractivity contribution is -0.142. The highest BCUT2D eigenvalue weighted by molar-refractivity contribution is 6.30. The minimum atomic E-state index is -0.347. The highest BCUT2D eigenvalue weighted by Crippen LogP contribution is 2.21. The largest absolute Gasteiger partial charge is 0.469 e. The van der Waals surface area contributed by atoms with Crippen molar-refractivity contribution in [2.75, 3.05) is 13.7 Å². The zero-order chi connectivity index (χ0) is 23.6. The maximum atomic E-state index is 12.2. The predicted octanol–water partition coefficient (Wildman–Crippen LogP) is 4.47. The topological polar surface area (TPSA) is 76.4 Å². The van der Waals surface area contributed by atoms with Crippen molar-refractivity contribution in [1.82, 2.24) is 14.9 Å². The van der Waals surface area contributed by atoms with Crippen LogP contribution in [0.4, 0.5) is 0 Å². The number of nitrogens with one attached hydrogen (secondary N) is 1. The van der Waals surface area contributed by atoms with E-state index in [2.05, 4.69) is 41.5 Å². The van der Waals surface area contributed by atoms with E-state index >= 15 is 0 Å². The maximum Gasteiger partial charge on any atom is 0.314 e. The highest BCUT2D eigenvalue weighted by atomic mass is 35.5. The number of imidazole rings is 1. The first kappa shape index (κ1) is 25.0. The molecule has 1 atom stereocenters.